The lowest BCUT2D eigenvalue weighted by Gasteiger charge is -2.04. The van der Waals surface area contributed by atoms with Gasteiger partial charge in [0.05, 0.1) is 11.1 Å². The molecule has 0 saturated heterocycles. The second-order valence-corrected chi connectivity index (χ2v) is 4.07. The molecule has 11 heteroatoms. The van der Waals surface area contributed by atoms with Crippen LogP contribution in [0.2, 0.25) is 0 Å². The molecule has 0 radical (unpaired) electrons. The van der Waals surface area contributed by atoms with E-state index in [4.69, 9.17) is 10.2 Å². The molecule has 0 amide bonds. The summed E-state index contributed by atoms with van der Waals surface area (Å²) in [6, 6.07) is 0. The Morgan fingerprint density at radius 3 is 2.43 bits per heavy atom. The highest BCUT2D eigenvalue weighted by Crippen LogP contribution is 2.27. The molecule has 0 unspecified atom stereocenters. The van der Waals surface area contributed by atoms with Crippen LogP contribution in [0.25, 0.3) is 5.82 Å². The molecule has 11 nitrogen and oxygen atoms in total. The fourth-order valence-electron chi connectivity index (χ4n) is 1.96. The Bertz CT molecular complexity index is 773. The van der Waals surface area contributed by atoms with Gasteiger partial charge in [-0.25, -0.2) is 19.0 Å². The van der Waals surface area contributed by atoms with E-state index < -0.39 is 33.8 Å². The summed E-state index contributed by atoms with van der Waals surface area (Å²) in [5.41, 5.74) is -1.65. The number of hydrogen-bond donors (Lipinski definition) is 2. The van der Waals surface area contributed by atoms with Gasteiger partial charge in [0, 0.05) is 7.05 Å². The van der Waals surface area contributed by atoms with E-state index >= 15 is 0 Å². The van der Waals surface area contributed by atoms with Gasteiger partial charge >= 0.3 is 17.6 Å². The summed E-state index contributed by atoms with van der Waals surface area (Å²) in [7, 11) is 1.36. The molecule has 0 spiro atoms. The van der Waals surface area contributed by atoms with Crippen LogP contribution in [0.5, 0.6) is 0 Å². The smallest absolute Gasteiger partial charge is 0.355 e. The van der Waals surface area contributed by atoms with Crippen molar-refractivity contribution >= 4 is 17.6 Å². The number of aryl methyl sites for hydroxylation is 2. The quantitative estimate of drug-likeness (QED) is 0.599. The molecule has 0 aliphatic heterocycles. The number of rotatable bonds is 4. The van der Waals surface area contributed by atoms with Gasteiger partial charge in [0.1, 0.15) is 11.3 Å². The molecule has 0 saturated carbocycles. The highest BCUT2D eigenvalue weighted by Gasteiger charge is 2.32. The van der Waals surface area contributed by atoms with E-state index in [9.17, 15) is 19.7 Å². The highest BCUT2D eigenvalue weighted by atomic mass is 16.6. The van der Waals surface area contributed by atoms with Crippen LogP contribution in [0.4, 0.5) is 5.69 Å². The van der Waals surface area contributed by atoms with Crippen LogP contribution < -0.4 is 0 Å². The molecule has 0 aliphatic carbocycles. The van der Waals surface area contributed by atoms with Crippen LogP contribution in [0.3, 0.4) is 0 Å². The fourth-order valence-corrected chi connectivity index (χ4v) is 1.96. The monoisotopic (exact) mass is 295 g/mol. The summed E-state index contributed by atoms with van der Waals surface area (Å²) in [5, 5.41) is 36.7. The number of hydrogen-bond acceptors (Lipinski definition) is 6. The minimum Gasteiger partial charge on any atom is -0.478 e. The molecule has 21 heavy (non-hydrogen) atoms. The number of aromatic nitrogens is 4. The number of carboxylic acids is 2. The van der Waals surface area contributed by atoms with Crippen LogP contribution >= 0.6 is 0 Å². The predicted molar refractivity (Wildman–Crippen MR) is 65.6 cm³/mol. The summed E-state index contributed by atoms with van der Waals surface area (Å²) in [5.74, 6) is -3.30. The molecule has 2 N–H and O–H groups in total. The third kappa shape index (κ3) is 2.09. The molecular weight excluding hydrogens is 286 g/mol. The molecule has 0 aliphatic rings. The Morgan fingerprint density at radius 1 is 1.33 bits per heavy atom. The van der Waals surface area contributed by atoms with E-state index in [1.165, 1.54) is 14.0 Å². The second kappa shape index (κ2) is 4.70. The number of nitro groups is 1. The van der Waals surface area contributed by atoms with Gasteiger partial charge in [0.15, 0.2) is 5.69 Å². The molecule has 110 valence electrons. The molecule has 2 aromatic heterocycles. The summed E-state index contributed by atoms with van der Waals surface area (Å²) in [4.78, 5) is 32.6. The van der Waals surface area contributed by atoms with Gasteiger partial charge in [-0.05, 0) is 6.92 Å². The summed E-state index contributed by atoms with van der Waals surface area (Å²) in [6.45, 7) is 1.38. The second-order valence-electron chi connectivity index (χ2n) is 4.07. The average Bonchev–Trinajstić information content (AvgIpc) is 2.89. The van der Waals surface area contributed by atoms with Crippen LogP contribution in [0, 0.1) is 17.0 Å². The molecule has 2 heterocycles. The van der Waals surface area contributed by atoms with Crippen molar-refractivity contribution in [2.24, 2.45) is 7.05 Å². The molecule has 0 fully saturated rings. The maximum absolute atomic E-state index is 11.3. The molecule has 2 rings (SSSR count). The predicted octanol–water partition coefficient (Wildman–Crippen LogP) is 0.219. The summed E-state index contributed by atoms with van der Waals surface area (Å²) >= 11 is 0. The van der Waals surface area contributed by atoms with Gasteiger partial charge in [0.25, 0.3) is 0 Å². The first-order valence-electron chi connectivity index (χ1n) is 5.48. The van der Waals surface area contributed by atoms with Crippen molar-refractivity contribution in [3.63, 3.8) is 0 Å². The maximum Gasteiger partial charge on any atom is 0.355 e. The van der Waals surface area contributed by atoms with Crippen LogP contribution in [-0.4, -0.2) is 46.6 Å². The number of carboxylic acid groups (broad SMARTS) is 2. The third-order valence-corrected chi connectivity index (χ3v) is 2.75. The van der Waals surface area contributed by atoms with Crippen molar-refractivity contribution in [1.29, 1.82) is 0 Å². The minimum absolute atomic E-state index is 0.0567. The van der Waals surface area contributed by atoms with Gasteiger partial charge in [-0.15, -0.1) is 0 Å². The van der Waals surface area contributed by atoms with Crippen molar-refractivity contribution in [2.45, 2.75) is 6.92 Å². The Hall–Kier alpha value is -3.24. The minimum atomic E-state index is -1.57. The molecule has 0 aromatic carbocycles. The SMILES string of the molecule is Cc1nn(C)c(-n2ncc(C(=O)O)c2C(=O)O)c1[N+](=O)[O-]. The largest absolute Gasteiger partial charge is 0.478 e. The average molecular weight is 295 g/mol. The first-order chi connectivity index (χ1) is 9.75. The summed E-state index contributed by atoms with van der Waals surface area (Å²) in [6.07, 6.45) is 0.817. The van der Waals surface area contributed by atoms with Crippen molar-refractivity contribution < 1.29 is 24.7 Å². The van der Waals surface area contributed by atoms with Crippen LogP contribution in [0.1, 0.15) is 26.5 Å². The fraction of sp³-hybridized carbons (Fsp3) is 0.200. The Balaban J connectivity index is 2.83. The lowest BCUT2D eigenvalue weighted by atomic mass is 10.2. The normalized spacial score (nSPS) is 10.6. The zero-order chi connectivity index (χ0) is 15.9. The van der Waals surface area contributed by atoms with Crippen LogP contribution in [0.15, 0.2) is 6.20 Å². The van der Waals surface area contributed by atoms with Crippen molar-refractivity contribution in [3.05, 3.63) is 33.3 Å². The molecule has 0 atom stereocenters. The summed E-state index contributed by atoms with van der Waals surface area (Å²) < 4.78 is 1.75. The van der Waals surface area contributed by atoms with Gasteiger partial charge in [0.2, 0.25) is 5.82 Å². The lowest BCUT2D eigenvalue weighted by Crippen LogP contribution is -2.15. The lowest BCUT2D eigenvalue weighted by molar-refractivity contribution is -0.385. The van der Waals surface area contributed by atoms with Crippen molar-refractivity contribution in [2.75, 3.05) is 0 Å². The van der Waals surface area contributed by atoms with E-state index in [2.05, 4.69) is 10.2 Å². The van der Waals surface area contributed by atoms with Gasteiger partial charge in [-0.1, -0.05) is 0 Å². The molecule has 2 aromatic rings. The van der Waals surface area contributed by atoms with Crippen molar-refractivity contribution in [3.8, 4) is 5.82 Å². The number of carbonyl (C=O) groups is 2. The van der Waals surface area contributed by atoms with E-state index in [0.29, 0.717) is 4.68 Å². The Labute approximate surface area is 116 Å². The van der Waals surface area contributed by atoms with E-state index in [1.807, 2.05) is 0 Å². The Morgan fingerprint density at radius 2 is 1.95 bits per heavy atom. The van der Waals surface area contributed by atoms with Crippen molar-refractivity contribution in [1.82, 2.24) is 19.6 Å². The van der Waals surface area contributed by atoms with Gasteiger partial charge < -0.3 is 10.2 Å². The molecule has 0 bridgehead atoms. The van der Waals surface area contributed by atoms with Gasteiger partial charge in [-0.3, -0.25) is 10.1 Å². The topological polar surface area (TPSA) is 153 Å². The zero-order valence-electron chi connectivity index (χ0n) is 10.8. The maximum atomic E-state index is 11.3. The standard InChI is InChI=1S/C10H9N5O6/c1-4-6(15(20)21)8(13(2)12-4)14-7(10(18)19)5(3-11-14)9(16)17/h3H,1-2H3,(H,16,17)(H,18,19). The van der Waals surface area contributed by atoms with Gasteiger partial charge in [-0.2, -0.15) is 10.2 Å². The van der Waals surface area contributed by atoms with E-state index in [-0.39, 0.29) is 11.5 Å². The van der Waals surface area contributed by atoms with E-state index in [0.717, 1.165) is 10.9 Å². The number of nitrogens with zero attached hydrogens (tertiary/aromatic N) is 5. The third-order valence-electron chi connectivity index (χ3n) is 2.75. The first kappa shape index (κ1) is 14.2. The highest BCUT2D eigenvalue weighted by molar-refractivity contribution is 6.00. The Kier molecular flexibility index (Phi) is 3.17. The first-order valence-corrected chi connectivity index (χ1v) is 5.48. The molecular formula is C10H9N5O6. The van der Waals surface area contributed by atoms with E-state index in [1.54, 1.807) is 0 Å². The zero-order valence-corrected chi connectivity index (χ0v) is 10.8. The number of aromatic carboxylic acids is 2. The van der Waals surface area contributed by atoms with Crippen LogP contribution in [-0.2, 0) is 7.05 Å².